The van der Waals surface area contributed by atoms with Crippen LogP contribution < -0.4 is 4.74 Å². The first-order chi connectivity index (χ1) is 13.3. The van der Waals surface area contributed by atoms with Crippen LogP contribution in [0.1, 0.15) is 18.3 Å². The van der Waals surface area contributed by atoms with Gasteiger partial charge in [0.25, 0.3) is 0 Å². The number of aromatic nitrogens is 7. The lowest BCUT2D eigenvalue weighted by Crippen LogP contribution is -2.05. The Morgan fingerprint density at radius 3 is 2.67 bits per heavy atom. The Balaban J connectivity index is 1.72. The first kappa shape index (κ1) is 16.9. The molecule has 0 saturated carbocycles. The highest BCUT2D eigenvalue weighted by atomic mass is 16.5. The number of hydrogen-bond donors (Lipinski definition) is 1. The fraction of sp³-hybridized carbons (Fsp3) is 0.211. The summed E-state index contributed by atoms with van der Waals surface area (Å²) >= 11 is 0. The molecule has 1 aromatic carbocycles. The van der Waals surface area contributed by atoms with E-state index in [1.54, 1.807) is 19.5 Å². The highest BCUT2D eigenvalue weighted by molar-refractivity contribution is 5.65. The Morgan fingerprint density at radius 1 is 1.07 bits per heavy atom. The molecular formula is C19H19N7O. The van der Waals surface area contributed by atoms with E-state index in [0.717, 1.165) is 29.1 Å². The van der Waals surface area contributed by atoms with Gasteiger partial charge in [-0.2, -0.15) is 10.2 Å². The van der Waals surface area contributed by atoms with E-state index in [1.807, 2.05) is 48.0 Å². The summed E-state index contributed by atoms with van der Waals surface area (Å²) in [5, 5.41) is 11.9. The number of rotatable bonds is 6. The minimum absolute atomic E-state index is 0.555. The molecule has 0 fully saturated rings. The van der Waals surface area contributed by atoms with Gasteiger partial charge in [0.1, 0.15) is 5.75 Å². The van der Waals surface area contributed by atoms with Crippen LogP contribution >= 0.6 is 0 Å². The van der Waals surface area contributed by atoms with Crippen LogP contribution in [-0.2, 0) is 13.0 Å². The molecular weight excluding hydrogens is 342 g/mol. The molecule has 0 saturated heterocycles. The maximum Gasteiger partial charge on any atom is 0.196 e. The summed E-state index contributed by atoms with van der Waals surface area (Å²) in [5.41, 5.74) is 1.90. The van der Waals surface area contributed by atoms with E-state index in [9.17, 15) is 0 Å². The van der Waals surface area contributed by atoms with Crippen LogP contribution in [0.5, 0.6) is 5.75 Å². The predicted octanol–water partition coefficient (Wildman–Crippen LogP) is 2.74. The SMILES string of the molecule is CCc1nc(-c2nc(-c3ccccc3OC)n[nH]2)n(Cc2ccncc2)n1. The van der Waals surface area contributed by atoms with Crippen LogP contribution in [-0.4, -0.2) is 42.0 Å². The summed E-state index contributed by atoms with van der Waals surface area (Å²) in [4.78, 5) is 13.3. The molecule has 0 bridgehead atoms. The monoisotopic (exact) mass is 361 g/mol. The van der Waals surface area contributed by atoms with Gasteiger partial charge in [-0.3, -0.25) is 10.1 Å². The molecule has 0 radical (unpaired) electrons. The third-order valence-corrected chi connectivity index (χ3v) is 4.16. The third-order valence-electron chi connectivity index (χ3n) is 4.16. The molecule has 0 aliphatic carbocycles. The molecule has 1 N–H and O–H groups in total. The third kappa shape index (κ3) is 3.41. The van der Waals surface area contributed by atoms with Crippen molar-refractivity contribution < 1.29 is 4.74 Å². The lowest BCUT2D eigenvalue weighted by atomic mass is 10.2. The number of ether oxygens (including phenoxy) is 1. The van der Waals surface area contributed by atoms with Gasteiger partial charge < -0.3 is 4.74 Å². The topological polar surface area (TPSA) is 94.4 Å². The highest BCUT2D eigenvalue weighted by Gasteiger charge is 2.17. The summed E-state index contributed by atoms with van der Waals surface area (Å²) in [7, 11) is 1.63. The van der Waals surface area contributed by atoms with Gasteiger partial charge in [-0.1, -0.05) is 19.1 Å². The van der Waals surface area contributed by atoms with Crippen molar-refractivity contribution in [3.63, 3.8) is 0 Å². The fourth-order valence-electron chi connectivity index (χ4n) is 2.80. The second kappa shape index (κ2) is 7.36. The number of aromatic amines is 1. The molecule has 3 aromatic heterocycles. The predicted molar refractivity (Wildman–Crippen MR) is 100 cm³/mol. The van der Waals surface area contributed by atoms with Crippen molar-refractivity contribution in [2.75, 3.05) is 7.11 Å². The molecule has 0 amide bonds. The number of aryl methyl sites for hydroxylation is 1. The number of pyridine rings is 1. The zero-order chi connectivity index (χ0) is 18.6. The van der Waals surface area contributed by atoms with Crippen LogP contribution in [0.25, 0.3) is 23.0 Å². The second-order valence-electron chi connectivity index (χ2n) is 5.93. The summed E-state index contributed by atoms with van der Waals surface area (Å²) in [6, 6.07) is 11.6. The van der Waals surface area contributed by atoms with Crippen molar-refractivity contribution in [3.8, 4) is 28.8 Å². The van der Waals surface area contributed by atoms with E-state index in [4.69, 9.17) is 4.74 Å². The van der Waals surface area contributed by atoms with Gasteiger partial charge >= 0.3 is 0 Å². The maximum atomic E-state index is 5.41. The van der Waals surface area contributed by atoms with Gasteiger partial charge in [0.15, 0.2) is 23.3 Å². The van der Waals surface area contributed by atoms with Gasteiger partial charge in [-0.05, 0) is 29.8 Å². The molecule has 0 spiro atoms. The first-order valence-electron chi connectivity index (χ1n) is 8.67. The molecule has 0 aliphatic rings. The summed E-state index contributed by atoms with van der Waals surface area (Å²) in [5.74, 6) is 3.25. The zero-order valence-corrected chi connectivity index (χ0v) is 15.1. The van der Waals surface area contributed by atoms with E-state index in [0.29, 0.717) is 24.0 Å². The number of nitrogens with zero attached hydrogens (tertiary/aromatic N) is 6. The van der Waals surface area contributed by atoms with E-state index in [1.165, 1.54) is 0 Å². The van der Waals surface area contributed by atoms with Crippen LogP contribution in [0, 0.1) is 0 Å². The fourth-order valence-corrected chi connectivity index (χ4v) is 2.80. The van der Waals surface area contributed by atoms with Crippen molar-refractivity contribution in [2.24, 2.45) is 0 Å². The Labute approximate surface area is 156 Å². The van der Waals surface area contributed by atoms with Gasteiger partial charge in [0, 0.05) is 18.8 Å². The number of H-pyrrole nitrogens is 1. The van der Waals surface area contributed by atoms with Crippen LogP contribution in [0.4, 0.5) is 0 Å². The smallest absolute Gasteiger partial charge is 0.196 e. The molecule has 4 aromatic rings. The van der Waals surface area contributed by atoms with E-state index in [-0.39, 0.29) is 0 Å². The molecule has 0 unspecified atom stereocenters. The van der Waals surface area contributed by atoms with Crippen molar-refractivity contribution in [1.82, 2.24) is 34.9 Å². The largest absolute Gasteiger partial charge is 0.496 e. The molecule has 4 rings (SSSR count). The van der Waals surface area contributed by atoms with Crippen LogP contribution in [0.2, 0.25) is 0 Å². The highest BCUT2D eigenvalue weighted by Crippen LogP contribution is 2.28. The number of para-hydroxylation sites is 1. The Bertz CT molecular complexity index is 1040. The average Bonchev–Trinajstić information content (AvgIpc) is 3.35. The van der Waals surface area contributed by atoms with Crippen LogP contribution in [0.15, 0.2) is 48.8 Å². The Morgan fingerprint density at radius 2 is 1.89 bits per heavy atom. The summed E-state index contributed by atoms with van der Waals surface area (Å²) < 4.78 is 7.24. The molecule has 8 heteroatoms. The zero-order valence-electron chi connectivity index (χ0n) is 15.1. The van der Waals surface area contributed by atoms with E-state index in [2.05, 4.69) is 30.2 Å². The van der Waals surface area contributed by atoms with Crippen molar-refractivity contribution in [1.29, 1.82) is 0 Å². The maximum absolute atomic E-state index is 5.41. The summed E-state index contributed by atoms with van der Waals surface area (Å²) in [6.45, 7) is 2.60. The summed E-state index contributed by atoms with van der Waals surface area (Å²) in [6.07, 6.45) is 4.27. The molecule has 136 valence electrons. The van der Waals surface area contributed by atoms with Gasteiger partial charge in [-0.25, -0.2) is 14.6 Å². The lowest BCUT2D eigenvalue weighted by Gasteiger charge is -2.04. The molecule has 0 aliphatic heterocycles. The van der Waals surface area contributed by atoms with Crippen molar-refractivity contribution in [3.05, 3.63) is 60.2 Å². The quantitative estimate of drug-likeness (QED) is 0.567. The number of methoxy groups -OCH3 is 1. The number of benzene rings is 1. The van der Waals surface area contributed by atoms with Crippen molar-refractivity contribution >= 4 is 0 Å². The van der Waals surface area contributed by atoms with E-state index < -0.39 is 0 Å². The molecule has 8 nitrogen and oxygen atoms in total. The van der Waals surface area contributed by atoms with Gasteiger partial charge in [-0.15, -0.1) is 0 Å². The molecule has 0 atom stereocenters. The average molecular weight is 361 g/mol. The van der Waals surface area contributed by atoms with Crippen LogP contribution in [0.3, 0.4) is 0 Å². The standard InChI is InChI=1S/C19H19N7O/c1-3-16-21-19(26(25-16)12-13-8-10-20-11-9-13)18-22-17(23-24-18)14-6-4-5-7-15(14)27-2/h4-11H,3,12H2,1-2H3,(H,22,23,24). The minimum Gasteiger partial charge on any atom is -0.496 e. The second-order valence-corrected chi connectivity index (χ2v) is 5.93. The van der Waals surface area contributed by atoms with Crippen molar-refractivity contribution in [2.45, 2.75) is 19.9 Å². The number of hydrogen-bond acceptors (Lipinski definition) is 6. The normalized spacial score (nSPS) is 10.9. The Kier molecular flexibility index (Phi) is 4.61. The lowest BCUT2D eigenvalue weighted by molar-refractivity contribution is 0.416. The van der Waals surface area contributed by atoms with Gasteiger partial charge in [0.05, 0.1) is 19.2 Å². The Hall–Kier alpha value is -3.55. The van der Waals surface area contributed by atoms with Gasteiger partial charge in [0.2, 0.25) is 0 Å². The minimum atomic E-state index is 0.555. The number of nitrogens with one attached hydrogen (secondary N) is 1. The molecule has 27 heavy (non-hydrogen) atoms. The van der Waals surface area contributed by atoms with E-state index >= 15 is 0 Å². The first-order valence-corrected chi connectivity index (χ1v) is 8.67. The molecule has 3 heterocycles.